The fraction of sp³-hybridized carbons (Fsp3) is 0.600. The third-order valence-electron chi connectivity index (χ3n) is 2.89. The predicted octanol–water partition coefficient (Wildman–Crippen LogP) is 0.569. The van der Waals surface area contributed by atoms with Gasteiger partial charge in [-0.3, -0.25) is 0 Å². The highest BCUT2D eigenvalue weighted by Gasteiger charge is 2.29. The van der Waals surface area contributed by atoms with E-state index in [-0.39, 0.29) is 5.25 Å². The zero-order chi connectivity index (χ0) is 11.6. The number of nitrogen functional groups attached to an aromatic ring is 1. The van der Waals surface area contributed by atoms with Crippen molar-refractivity contribution >= 4 is 15.7 Å². The minimum Gasteiger partial charge on any atom is -0.382 e. The second-order valence-corrected chi connectivity index (χ2v) is 6.54. The Balaban J connectivity index is 2.11. The highest BCUT2D eigenvalue weighted by molar-refractivity contribution is 7.92. The summed E-state index contributed by atoms with van der Waals surface area (Å²) in [6.07, 6.45) is 2.95. The zero-order valence-electron chi connectivity index (χ0n) is 8.96. The van der Waals surface area contributed by atoms with Crippen molar-refractivity contribution in [3.8, 4) is 0 Å². The van der Waals surface area contributed by atoms with E-state index in [1.54, 1.807) is 12.1 Å². The zero-order valence-corrected chi connectivity index (χ0v) is 9.78. The molecule has 1 saturated heterocycles. The van der Waals surface area contributed by atoms with Gasteiger partial charge in [-0.25, -0.2) is 8.42 Å². The van der Waals surface area contributed by atoms with Gasteiger partial charge >= 0.3 is 0 Å². The Bertz CT molecular complexity index is 455. The molecule has 1 aliphatic heterocycles. The van der Waals surface area contributed by atoms with Crippen molar-refractivity contribution in [2.45, 2.75) is 30.9 Å². The lowest BCUT2D eigenvalue weighted by atomic mass is 10.1. The molecule has 0 bridgehead atoms. The van der Waals surface area contributed by atoms with Gasteiger partial charge in [-0.05, 0) is 25.0 Å². The number of hydrogen-bond acceptors (Lipinski definition) is 5. The highest BCUT2D eigenvalue weighted by Crippen LogP contribution is 2.22. The largest absolute Gasteiger partial charge is 0.382 e. The van der Waals surface area contributed by atoms with Gasteiger partial charge in [-0.2, -0.15) is 5.10 Å². The minimum atomic E-state index is -2.93. The summed E-state index contributed by atoms with van der Waals surface area (Å²) < 4.78 is 23.6. The molecule has 1 unspecified atom stereocenters. The quantitative estimate of drug-likeness (QED) is 0.818. The summed E-state index contributed by atoms with van der Waals surface area (Å²) in [5.74, 6) is 0.662. The lowest BCUT2D eigenvalue weighted by molar-refractivity contribution is 0.535. The second-order valence-electron chi connectivity index (χ2n) is 4.14. The molecule has 0 amide bonds. The molecule has 1 fully saturated rings. The van der Waals surface area contributed by atoms with Crippen molar-refractivity contribution in [3.63, 3.8) is 0 Å². The molecule has 2 rings (SSSR count). The molecule has 1 aromatic heterocycles. The van der Waals surface area contributed by atoms with Crippen LogP contribution in [0.4, 0.5) is 5.82 Å². The summed E-state index contributed by atoms with van der Waals surface area (Å²) in [6.45, 7) is 0. The monoisotopic (exact) mass is 241 g/mol. The van der Waals surface area contributed by atoms with Gasteiger partial charge in [0.05, 0.1) is 16.7 Å². The van der Waals surface area contributed by atoms with Crippen molar-refractivity contribution in [3.05, 3.63) is 17.8 Å². The lowest BCUT2D eigenvalue weighted by Gasteiger charge is -2.21. The molecule has 0 aliphatic carbocycles. The molecule has 1 aromatic rings. The van der Waals surface area contributed by atoms with Crippen LogP contribution in [-0.4, -0.2) is 29.6 Å². The van der Waals surface area contributed by atoms with Crippen LogP contribution in [0, 0.1) is 0 Å². The van der Waals surface area contributed by atoms with Crippen molar-refractivity contribution in [1.82, 2.24) is 10.2 Å². The molecule has 1 aliphatic rings. The molecule has 0 aromatic carbocycles. The van der Waals surface area contributed by atoms with Gasteiger partial charge in [0.15, 0.2) is 9.84 Å². The predicted molar refractivity (Wildman–Crippen MR) is 61.6 cm³/mol. The van der Waals surface area contributed by atoms with Crippen LogP contribution in [0.25, 0.3) is 0 Å². The van der Waals surface area contributed by atoms with Crippen LogP contribution < -0.4 is 5.73 Å². The first-order valence-electron chi connectivity index (χ1n) is 5.37. The van der Waals surface area contributed by atoms with Crippen LogP contribution in [0.3, 0.4) is 0 Å². The number of nitrogens with two attached hydrogens (primary N) is 1. The Morgan fingerprint density at radius 2 is 2.12 bits per heavy atom. The van der Waals surface area contributed by atoms with E-state index < -0.39 is 9.84 Å². The molecule has 0 saturated carbocycles. The third kappa shape index (κ3) is 2.49. The first kappa shape index (κ1) is 11.3. The van der Waals surface area contributed by atoms with E-state index >= 15 is 0 Å². The van der Waals surface area contributed by atoms with E-state index in [0.717, 1.165) is 19.3 Å². The van der Waals surface area contributed by atoms with Gasteiger partial charge in [0.1, 0.15) is 5.82 Å². The van der Waals surface area contributed by atoms with E-state index in [9.17, 15) is 8.42 Å². The van der Waals surface area contributed by atoms with Crippen molar-refractivity contribution in [2.24, 2.45) is 0 Å². The van der Waals surface area contributed by atoms with Crippen LogP contribution in [0.2, 0.25) is 0 Å². The van der Waals surface area contributed by atoms with Gasteiger partial charge < -0.3 is 5.73 Å². The standard InChI is InChI=1S/C10H15N3O2S/c11-10-5-4-8(12-13-10)7-9-3-1-2-6-16(9,14)15/h4-5,9H,1-3,6-7H2,(H2,11,13). The molecule has 88 valence electrons. The van der Waals surface area contributed by atoms with Crippen LogP contribution in [0.15, 0.2) is 12.1 Å². The maximum absolute atomic E-state index is 11.8. The molecule has 5 nitrogen and oxygen atoms in total. The van der Waals surface area contributed by atoms with Crippen LogP contribution in [0.5, 0.6) is 0 Å². The second kappa shape index (κ2) is 4.37. The van der Waals surface area contributed by atoms with Gasteiger partial charge in [-0.1, -0.05) is 6.42 Å². The molecule has 16 heavy (non-hydrogen) atoms. The molecule has 2 N–H and O–H groups in total. The molecule has 0 spiro atoms. The summed E-state index contributed by atoms with van der Waals surface area (Å²) in [4.78, 5) is 0. The van der Waals surface area contributed by atoms with E-state index in [0.29, 0.717) is 23.7 Å². The maximum atomic E-state index is 11.8. The summed E-state index contributed by atoms with van der Waals surface area (Å²) in [6, 6.07) is 3.39. The average molecular weight is 241 g/mol. The number of nitrogens with zero attached hydrogens (tertiary/aromatic N) is 2. The topological polar surface area (TPSA) is 85.9 Å². The van der Waals surface area contributed by atoms with Crippen molar-refractivity contribution in [1.29, 1.82) is 0 Å². The number of sulfone groups is 1. The van der Waals surface area contributed by atoms with Crippen LogP contribution in [0.1, 0.15) is 25.0 Å². The number of aromatic nitrogens is 2. The summed E-state index contributed by atoms with van der Waals surface area (Å²) in [7, 11) is -2.93. The SMILES string of the molecule is Nc1ccc(CC2CCCCS2(=O)=O)nn1. The van der Waals surface area contributed by atoms with Crippen molar-refractivity contribution in [2.75, 3.05) is 11.5 Å². The van der Waals surface area contributed by atoms with Crippen LogP contribution >= 0.6 is 0 Å². The van der Waals surface area contributed by atoms with E-state index in [4.69, 9.17) is 5.73 Å². The number of rotatable bonds is 2. The van der Waals surface area contributed by atoms with E-state index in [1.807, 2.05) is 0 Å². The Hall–Kier alpha value is -1.17. The lowest BCUT2D eigenvalue weighted by Crippen LogP contribution is -2.30. The molecule has 2 heterocycles. The summed E-state index contributed by atoms with van der Waals surface area (Å²) in [5, 5.41) is 7.33. The van der Waals surface area contributed by atoms with Crippen molar-refractivity contribution < 1.29 is 8.42 Å². The minimum absolute atomic E-state index is 0.292. The van der Waals surface area contributed by atoms with Gasteiger partial charge in [0, 0.05) is 6.42 Å². The molecule has 0 radical (unpaired) electrons. The first-order valence-corrected chi connectivity index (χ1v) is 7.09. The third-order valence-corrected chi connectivity index (χ3v) is 5.17. The van der Waals surface area contributed by atoms with Crippen LogP contribution in [-0.2, 0) is 16.3 Å². The first-order chi connectivity index (χ1) is 7.58. The summed E-state index contributed by atoms with van der Waals surface area (Å²) >= 11 is 0. The smallest absolute Gasteiger partial charge is 0.153 e. The number of anilines is 1. The Labute approximate surface area is 95.0 Å². The van der Waals surface area contributed by atoms with Gasteiger partial charge in [-0.15, -0.1) is 5.10 Å². The Morgan fingerprint density at radius 3 is 2.75 bits per heavy atom. The molecule has 6 heteroatoms. The van der Waals surface area contributed by atoms with Gasteiger partial charge in [0.25, 0.3) is 0 Å². The van der Waals surface area contributed by atoms with E-state index in [1.165, 1.54) is 0 Å². The number of hydrogen-bond donors (Lipinski definition) is 1. The highest BCUT2D eigenvalue weighted by atomic mass is 32.2. The molecular formula is C10H15N3O2S. The fourth-order valence-electron chi connectivity index (χ4n) is 1.96. The molecular weight excluding hydrogens is 226 g/mol. The normalized spacial score (nSPS) is 24.1. The maximum Gasteiger partial charge on any atom is 0.153 e. The Morgan fingerprint density at radius 1 is 1.31 bits per heavy atom. The van der Waals surface area contributed by atoms with Gasteiger partial charge in [0.2, 0.25) is 0 Å². The fourth-order valence-corrected chi connectivity index (χ4v) is 3.85. The average Bonchev–Trinajstić information content (AvgIpc) is 2.24. The molecule has 1 atom stereocenters. The summed E-state index contributed by atoms with van der Waals surface area (Å²) in [5.41, 5.74) is 6.12. The van der Waals surface area contributed by atoms with E-state index in [2.05, 4.69) is 10.2 Å². The Kier molecular flexibility index (Phi) is 3.09.